The number of rotatable bonds is 5. The van der Waals surface area contributed by atoms with Crippen molar-refractivity contribution in [2.24, 2.45) is 0 Å². The van der Waals surface area contributed by atoms with Crippen LogP contribution in [0.2, 0.25) is 0 Å². The zero-order chi connectivity index (χ0) is 18.4. The van der Waals surface area contributed by atoms with Crippen LogP contribution in [-0.2, 0) is 42.9 Å². The normalized spacial score (nSPS) is 29.3. The number of ether oxygens (including phenoxy) is 5. The van der Waals surface area contributed by atoms with Crippen LogP contribution in [0.1, 0.15) is 27.7 Å². The second kappa shape index (κ2) is 8.57. The van der Waals surface area contributed by atoms with E-state index in [0.29, 0.717) is 0 Å². The van der Waals surface area contributed by atoms with E-state index in [2.05, 4.69) is 0 Å². The highest BCUT2D eigenvalue weighted by Gasteiger charge is 2.53. The molecule has 1 saturated heterocycles. The van der Waals surface area contributed by atoms with Gasteiger partial charge in [0.05, 0.1) is 0 Å². The molecule has 0 aromatic heterocycles. The maximum Gasteiger partial charge on any atom is 0.305 e. The summed E-state index contributed by atoms with van der Waals surface area (Å²) in [6.07, 6.45) is -7.12. The molecule has 10 heteroatoms. The van der Waals surface area contributed by atoms with Crippen LogP contribution >= 0.6 is 0 Å². The highest BCUT2D eigenvalue weighted by molar-refractivity contribution is 5.69. The quantitative estimate of drug-likeness (QED) is 0.500. The van der Waals surface area contributed by atoms with Crippen LogP contribution < -0.4 is 0 Å². The topological polar surface area (TPSA) is 114 Å². The molecule has 5 atom stereocenters. The number of halogens is 1. The van der Waals surface area contributed by atoms with Gasteiger partial charge in [-0.2, -0.15) is 0 Å². The van der Waals surface area contributed by atoms with Gasteiger partial charge in [0.2, 0.25) is 12.4 Å². The molecular weight excluding hydrogens is 331 g/mol. The SMILES string of the molecule is CC(=O)OC1O[C@@H](CF)[C@@H](OC(C)=O)[C@@H](OC(C)=O)[C@@H]1OC(C)=O. The Bertz CT molecular complexity index is 506. The minimum atomic E-state index is -1.52. The van der Waals surface area contributed by atoms with Gasteiger partial charge in [-0.25, -0.2) is 4.39 Å². The molecule has 0 aromatic carbocycles. The summed E-state index contributed by atoms with van der Waals surface area (Å²) >= 11 is 0. The zero-order valence-corrected chi connectivity index (χ0v) is 13.6. The second-order valence-electron chi connectivity index (χ2n) is 5.03. The molecule has 1 aliphatic heterocycles. The molecule has 9 nitrogen and oxygen atoms in total. The van der Waals surface area contributed by atoms with Gasteiger partial charge in [-0.15, -0.1) is 0 Å². The van der Waals surface area contributed by atoms with E-state index in [0.717, 1.165) is 27.7 Å². The van der Waals surface area contributed by atoms with Crippen LogP contribution in [0.15, 0.2) is 0 Å². The fraction of sp³-hybridized carbons (Fsp3) is 0.714. The van der Waals surface area contributed by atoms with Gasteiger partial charge in [-0.1, -0.05) is 0 Å². The summed E-state index contributed by atoms with van der Waals surface area (Å²) in [5, 5.41) is 0. The van der Waals surface area contributed by atoms with Crippen LogP contribution in [0.4, 0.5) is 4.39 Å². The number of esters is 4. The van der Waals surface area contributed by atoms with Gasteiger partial charge >= 0.3 is 23.9 Å². The summed E-state index contributed by atoms with van der Waals surface area (Å²) in [5.41, 5.74) is 0. The Labute approximate surface area is 137 Å². The Balaban J connectivity index is 3.23. The summed E-state index contributed by atoms with van der Waals surface area (Å²) < 4.78 is 38.4. The molecule has 0 aromatic rings. The number of hydrogen-bond acceptors (Lipinski definition) is 9. The van der Waals surface area contributed by atoms with Crippen molar-refractivity contribution in [3.05, 3.63) is 0 Å². The minimum absolute atomic E-state index is 0.785. The first-order chi connectivity index (χ1) is 11.1. The summed E-state index contributed by atoms with van der Waals surface area (Å²) in [6.45, 7) is 3.14. The van der Waals surface area contributed by atoms with Crippen LogP contribution in [0.3, 0.4) is 0 Å². The Morgan fingerprint density at radius 1 is 0.750 bits per heavy atom. The van der Waals surface area contributed by atoms with Crippen molar-refractivity contribution < 1.29 is 47.3 Å². The van der Waals surface area contributed by atoms with Gasteiger partial charge in [0.25, 0.3) is 0 Å². The fourth-order valence-corrected chi connectivity index (χ4v) is 2.24. The van der Waals surface area contributed by atoms with E-state index in [1.54, 1.807) is 0 Å². The first kappa shape index (κ1) is 19.8. The molecule has 0 spiro atoms. The third-order valence-electron chi connectivity index (χ3n) is 2.93. The largest absolute Gasteiger partial charge is 0.456 e. The van der Waals surface area contributed by atoms with Crippen molar-refractivity contribution in [1.29, 1.82) is 0 Å². The molecule has 0 radical (unpaired) electrons. The third-order valence-corrected chi connectivity index (χ3v) is 2.93. The summed E-state index contributed by atoms with van der Waals surface area (Å²) in [7, 11) is 0. The van der Waals surface area contributed by atoms with Crippen LogP contribution in [0.25, 0.3) is 0 Å². The van der Waals surface area contributed by atoms with Gasteiger partial charge in [0.1, 0.15) is 12.8 Å². The lowest BCUT2D eigenvalue weighted by atomic mass is 9.98. The van der Waals surface area contributed by atoms with Gasteiger partial charge in [-0.3, -0.25) is 19.2 Å². The zero-order valence-electron chi connectivity index (χ0n) is 13.6. The van der Waals surface area contributed by atoms with E-state index >= 15 is 0 Å². The number of carbonyl (C=O) groups is 4. The molecule has 0 aliphatic carbocycles. The van der Waals surface area contributed by atoms with E-state index in [1.807, 2.05) is 0 Å². The maximum absolute atomic E-state index is 13.3. The second-order valence-corrected chi connectivity index (χ2v) is 5.03. The van der Waals surface area contributed by atoms with Gasteiger partial charge in [-0.05, 0) is 0 Å². The Morgan fingerprint density at radius 3 is 1.58 bits per heavy atom. The van der Waals surface area contributed by atoms with E-state index in [4.69, 9.17) is 23.7 Å². The van der Waals surface area contributed by atoms with Crippen molar-refractivity contribution in [2.75, 3.05) is 6.67 Å². The van der Waals surface area contributed by atoms with E-state index in [1.165, 1.54) is 0 Å². The molecular formula is C14H19FO9. The van der Waals surface area contributed by atoms with Crippen molar-refractivity contribution in [3.8, 4) is 0 Å². The first-order valence-electron chi connectivity index (χ1n) is 7.06. The highest BCUT2D eigenvalue weighted by atomic mass is 19.1. The van der Waals surface area contributed by atoms with Gasteiger partial charge in [0.15, 0.2) is 12.2 Å². The predicted molar refractivity (Wildman–Crippen MR) is 73.1 cm³/mol. The van der Waals surface area contributed by atoms with E-state index in [9.17, 15) is 23.6 Å². The molecule has 0 saturated carbocycles. The summed E-state index contributed by atoms with van der Waals surface area (Å²) in [5.74, 6) is -3.16. The molecule has 1 heterocycles. The lowest BCUT2D eigenvalue weighted by Crippen LogP contribution is -2.62. The molecule has 1 rings (SSSR count). The molecule has 0 amide bonds. The summed E-state index contributed by atoms with van der Waals surface area (Å²) in [4.78, 5) is 45.1. The van der Waals surface area contributed by atoms with Crippen LogP contribution in [-0.4, -0.2) is 61.3 Å². The molecule has 0 bridgehead atoms. The lowest BCUT2D eigenvalue weighted by molar-refractivity contribution is -0.297. The van der Waals surface area contributed by atoms with E-state index < -0.39 is 61.3 Å². The Morgan fingerprint density at radius 2 is 1.17 bits per heavy atom. The fourth-order valence-electron chi connectivity index (χ4n) is 2.24. The monoisotopic (exact) mass is 350 g/mol. The van der Waals surface area contributed by atoms with Crippen molar-refractivity contribution >= 4 is 23.9 Å². The number of carbonyl (C=O) groups excluding carboxylic acids is 4. The van der Waals surface area contributed by atoms with Gasteiger partial charge < -0.3 is 23.7 Å². The molecule has 0 N–H and O–H groups in total. The average Bonchev–Trinajstić information content (AvgIpc) is 2.42. The third kappa shape index (κ3) is 5.44. The molecule has 1 fully saturated rings. The molecule has 1 aliphatic rings. The molecule has 24 heavy (non-hydrogen) atoms. The molecule has 1 unspecified atom stereocenters. The minimum Gasteiger partial charge on any atom is -0.456 e. The smallest absolute Gasteiger partial charge is 0.305 e. The standard InChI is InChI=1S/C14H19FO9/c1-6(16)20-11-10(5-15)24-14(23-9(4)19)13(22-8(3)18)12(11)21-7(2)17/h10-14H,5H2,1-4H3/t10-,11+,12+,13-,14?/m0/s1. The van der Waals surface area contributed by atoms with Crippen LogP contribution in [0, 0.1) is 0 Å². The Hall–Kier alpha value is -2.23. The van der Waals surface area contributed by atoms with E-state index in [-0.39, 0.29) is 0 Å². The number of alkyl halides is 1. The van der Waals surface area contributed by atoms with Crippen molar-refractivity contribution in [3.63, 3.8) is 0 Å². The number of hydrogen-bond donors (Lipinski definition) is 0. The maximum atomic E-state index is 13.3. The summed E-state index contributed by atoms with van der Waals surface area (Å²) in [6, 6.07) is 0. The van der Waals surface area contributed by atoms with Crippen molar-refractivity contribution in [2.45, 2.75) is 58.4 Å². The first-order valence-corrected chi connectivity index (χ1v) is 7.06. The Kier molecular flexibility index (Phi) is 7.08. The average molecular weight is 350 g/mol. The predicted octanol–water partition coefficient (Wildman–Crippen LogP) is 0.0390. The molecule has 136 valence electrons. The highest BCUT2D eigenvalue weighted by Crippen LogP contribution is 2.29. The van der Waals surface area contributed by atoms with Crippen LogP contribution in [0.5, 0.6) is 0 Å². The van der Waals surface area contributed by atoms with Crippen molar-refractivity contribution in [1.82, 2.24) is 0 Å². The lowest BCUT2D eigenvalue weighted by Gasteiger charge is -2.43. The van der Waals surface area contributed by atoms with Gasteiger partial charge in [0, 0.05) is 27.7 Å².